The zero-order valence-corrected chi connectivity index (χ0v) is 12.8. The van der Waals surface area contributed by atoms with Gasteiger partial charge in [0.1, 0.15) is 13.2 Å². The van der Waals surface area contributed by atoms with Crippen LogP contribution in [0.5, 0.6) is 11.5 Å². The maximum Gasteiger partial charge on any atom is 0.162 e. The van der Waals surface area contributed by atoms with Gasteiger partial charge in [0.2, 0.25) is 0 Å². The van der Waals surface area contributed by atoms with Crippen LogP contribution in [0.3, 0.4) is 0 Å². The molecular weight excluding hydrogens is 282 g/mol. The Balaban J connectivity index is 1.60. The van der Waals surface area contributed by atoms with Crippen LogP contribution in [0.15, 0.2) is 12.1 Å². The molecule has 4 heteroatoms. The number of rotatable bonds is 4. The van der Waals surface area contributed by atoms with Crippen molar-refractivity contribution in [3.05, 3.63) is 22.6 Å². The van der Waals surface area contributed by atoms with Crippen LogP contribution in [0.2, 0.25) is 0 Å². The molecule has 0 spiro atoms. The molecule has 0 bridgehead atoms. The molecule has 1 aromatic heterocycles. The maximum atomic E-state index is 5.77. The summed E-state index contributed by atoms with van der Waals surface area (Å²) in [6.07, 6.45) is 5.38. The molecule has 2 heterocycles. The lowest BCUT2D eigenvalue weighted by Gasteiger charge is -2.18. The van der Waals surface area contributed by atoms with Crippen molar-refractivity contribution in [2.24, 2.45) is 0 Å². The van der Waals surface area contributed by atoms with E-state index in [1.165, 1.54) is 40.6 Å². The molecule has 1 aromatic carbocycles. The van der Waals surface area contributed by atoms with E-state index in [0.717, 1.165) is 30.0 Å². The van der Waals surface area contributed by atoms with Gasteiger partial charge in [-0.25, -0.2) is 0 Å². The Morgan fingerprint density at radius 2 is 1.81 bits per heavy atom. The fourth-order valence-electron chi connectivity index (χ4n) is 3.18. The first-order chi connectivity index (χ1) is 10.4. The van der Waals surface area contributed by atoms with E-state index in [1.54, 1.807) is 5.56 Å². The highest BCUT2D eigenvalue weighted by atomic mass is 32.1. The van der Waals surface area contributed by atoms with Crippen LogP contribution in [0.1, 0.15) is 42.0 Å². The molecule has 5 rings (SSSR count). The van der Waals surface area contributed by atoms with Crippen LogP contribution >= 0.6 is 11.3 Å². The lowest BCUT2D eigenvalue weighted by atomic mass is 10.1. The number of benzene rings is 1. The van der Waals surface area contributed by atoms with E-state index in [2.05, 4.69) is 17.4 Å². The number of hydrogen-bond donors (Lipinski definition) is 1. The molecule has 2 aromatic rings. The Morgan fingerprint density at radius 3 is 2.52 bits per heavy atom. The van der Waals surface area contributed by atoms with Crippen molar-refractivity contribution in [1.82, 2.24) is 5.32 Å². The van der Waals surface area contributed by atoms with Gasteiger partial charge in [-0.2, -0.15) is 0 Å². The molecule has 3 aliphatic rings. The summed E-state index contributed by atoms with van der Waals surface area (Å²) in [7, 11) is 0. The average molecular weight is 301 g/mol. The molecule has 21 heavy (non-hydrogen) atoms. The van der Waals surface area contributed by atoms with Crippen molar-refractivity contribution in [3.8, 4) is 11.5 Å². The highest BCUT2D eigenvalue weighted by Gasteiger charge is 2.31. The van der Waals surface area contributed by atoms with Gasteiger partial charge >= 0.3 is 0 Å². The van der Waals surface area contributed by atoms with E-state index in [9.17, 15) is 0 Å². The van der Waals surface area contributed by atoms with E-state index in [0.29, 0.717) is 13.2 Å². The fraction of sp³-hybridized carbons (Fsp3) is 0.529. The Bertz CT molecular complexity index is 700. The molecule has 0 saturated heterocycles. The second-order valence-electron chi connectivity index (χ2n) is 6.36. The average Bonchev–Trinajstić information content (AvgIpc) is 3.41. The number of fused-ring (bicyclic) bond motifs is 2. The summed E-state index contributed by atoms with van der Waals surface area (Å²) >= 11 is 1.94. The van der Waals surface area contributed by atoms with E-state index >= 15 is 0 Å². The lowest BCUT2D eigenvalue weighted by molar-refractivity contribution is 0.172. The minimum absolute atomic E-state index is 0.662. The standard InChI is InChI=1S/C17H19NO2S/c1-2-10(1)17-12-7-13-14(20-6-5-19-13)8-15(12)21-16(17)9-18-11-3-4-11/h7-8,10-11,18H,1-6,9H2. The molecule has 0 unspecified atom stereocenters. The van der Waals surface area contributed by atoms with Gasteiger partial charge in [-0.15, -0.1) is 11.3 Å². The van der Waals surface area contributed by atoms with Crippen LogP contribution in [-0.4, -0.2) is 19.3 Å². The number of ether oxygens (including phenoxy) is 2. The molecule has 1 N–H and O–H groups in total. The van der Waals surface area contributed by atoms with Crippen molar-refractivity contribution in [2.75, 3.05) is 13.2 Å². The minimum atomic E-state index is 0.662. The van der Waals surface area contributed by atoms with Gasteiger partial charge in [0, 0.05) is 33.6 Å². The summed E-state index contributed by atoms with van der Waals surface area (Å²) in [6.45, 7) is 2.36. The third kappa shape index (κ3) is 2.21. The van der Waals surface area contributed by atoms with Crippen molar-refractivity contribution in [1.29, 1.82) is 0 Å². The summed E-state index contributed by atoms with van der Waals surface area (Å²) in [6, 6.07) is 5.16. The zero-order valence-electron chi connectivity index (χ0n) is 12.0. The normalized spacial score (nSPS) is 21.0. The molecule has 2 fully saturated rings. The number of thiophene rings is 1. The number of nitrogens with one attached hydrogen (secondary N) is 1. The SMILES string of the molecule is c1c2c(cc3c(C4CC4)c(CNC4CC4)sc13)OCCO2. The van der Waals surface area contributed by atoms with Crippen LogP contribution in [0, 0.1) is 0 Å². The zero-order chi connectivity index (χ0) is 13.8. The van der Waals surface area contributed by atoms with E-state index < -0.39 is 0 Å². The molecular formula is C17H19NO2S. The summed E-state index contributed by atoms with van der Waals surface area (Å²) in [5.41, 5.74) is 1.58. The first-order valence-electron chi connectivity index (χ1n) is 7.97. The van der Waals surface area contributed by atoms with Crippen molar-refractivity contribution < 1.29 is 9.47 Å². The largest absolute Gasteiger partial charge is 0.486 e. The maximum absolute atomic E-state index is 5.77. The topological polar surface area (TPSA) is 30.5 Å². The first kappa shape index (κ1) is 12.3. The van der Waals surface area contributed by atoms with Crippen LogP contribution < -0.4 is 14.8 Å². The first-order valence-corrected chi connectivity index (χ1v) is 8.78. The van der Waals surface area contributed by atoms with Gasteiger partial charge in [0.05, 0.1) is 0 Å². The molecule has 0 atom stereocenters. The van der Waals surface area contributed by atoms with Crippen LogP contribution in [0.25, 0.3) is 10.1 Å². The molecule has 0 amide bonds. The summed E-state index contributed by atoms with van der Waals surface area (Å²) < 4.78 is 12.9. The summed E-state index contributed by atoms with van der Waals surface area (Å²) in [4.78, 5) is 1.53. The second kappa shape index (κ2) is 4.62. The smallest absolute Gasteiger partial charge is 0.162 e. The van der Waals surface area contributed by atoms with Gasteiger partial charge in [0.15, 0.2) is 11.5 Å². The molecule has 0 radical (unpaired) electrons. The Kier molecular flexibility index (Phi) is 2.70. The van der Waals surface area contributed by atoms with E-state index in [-0.39, 0.29) is 0 Å². The summed E-state index contributed by atoms with van der Waals surface area (Å²) in [5, 5.41) is 5.08. The third-order valence-electron chi connectivity index (χ3n) is 4.58. The predicted molar refractivity (Wildman–Crippen MR) is 84.7 cm³/mol. The van der Waals surface area contributed by atoms with Gasteiger partial charge in [-0.05, 0) is 43.2 Å². The minimum Gasteiger partial charge on any atom is -0.486 e. The number of hydrogen-bond acceptors (Lipinski definition) is 4. The van der Waals surface area contributed by atoms with Crippen molar-refractivity contribution in [2.45, 2.75) is 44.2 Å². The van der Waals surface area contributed by atoms with Gasteiger partial charge in [-0.1, -0.05) is 0 Å². The van der Waals surface area contributed by atoms with E-state index in [1.807, 2.05) is 11.3 Å². The quantitative estimate of drug-likeness (QED) is 0.931. The van der Waals surface area contributed by atoms with Crippen molar-refractivity contribution >= 4 is 21.4 Å². The van der Waals surface area contributed by atoms with Gasteiger partial charge in [-0.3, -0.25) is 0 Å². The predicted octanol–water partition coefficient (Wildman–Crippen LogP) is 3.80. The molecule has 3 nitrogen and oxygen atoms in total. The lowest BCUT2D eigenvalue weighted by Crippen LogP contribution is -2.15. The Labute approximate surface area is 128 Å². The van der Waals surface area contributed by atoms with Crippen LogP contribution in [-0.2, 0) is 6.54 Å². The second-order valence-corrected chi connectivity index (χ2v) is 7.50. The molecule has 1 aliphatic heterocycles. The van der Waals surface area contributed by atoms with Crippen molar-refractivity contribution in [3.63, 3.8) is 0 Å². The highest BCUT2D eigenvalue weighted by Crippen LogP contribution is 2.50. The molecule has 2 aliphatic carbocycles. The highest BCUT2D eigenvalue weighted by molar-refractivity contribution is 7.19. The third-order valence-corrected chi connectivity index (χ3v) is 5.75. The monoisotopic (exact) mass is 301 g/mol. The van der Waals surface area contributed by atoms with Crippen LogP contribution in [0.4, 0.5) is 0 Å². The fourth-order valence-corrected chi connectivity index (χ4v) is 4.43. The van der Waals surface area contributed by atoms with Gasteiger partial charge in [0.25, 0.3) is 0 Å². The van der Waals surface area contributed by atoms with Gasteiger partial charge < -0.3 is 14.8 Å². The molecule has 110 valence electrons. The molecule has 2 saturated carbocycles. The Morgan fingerprint density at radius 1 is 1.05 bits per heavy atom. The van der Waals surface area contributed by atoms with E-state index in [4.69, 9.17) is 9.47 Å². The Hall–Kier alpha value is -1.26. The summed E-state index contributed by atoms with van der Waals surface area (Å²) in [5.74, 6) is 2.62.